The van der Waals surface area contributed by atoms with Crippen LogP contribution in [0.25, 0.3) is 0 Å². The summed E-state index contributed by atoms with van der Waals surface area (Å²) >= 11 is 0. The van der Waals surface area contributed by atoms with E-state index in [0.717, 1.165) is 25.0 Å². The molecule has 5 heteroatoms. The number of hydrogen-bond donors (Lipinski definition) is 1. The van der Waals surface area contributed by atoms with Crippen molar-refractivity contribution < 1.29 is 18.9 Å². The zero-order valence-electron chi connectivity index (χ0n) is 13.5. The van der Waals surface area contributed by atoms with E-state index in [9.17, 15) is 0 Å². The van der Waals surface area contributed by atoms with Crippen LogP contribution in [0.2, 0.25) is 0 Å². The van der Waals surface area contributed by atoms with Crippen LogP contribution in [0.3, 0.4) is 0 Å². The molecule has 0 aromatic heterocycles. The van der Waals surface area contributed by atoms with Crippen molar-refractivity contribution in [3.63, 3.8) is 0 Å². The zero-order valence-corrected chi connectivity index (χ0v) is 13.5. The summed E-state index contributed by atoms with van der Waals surface area (Å²) in [6.45, 7) is 5.78. The average molecular weight is 297 g/mol. The van der Waals surface area contributed by atoms with Gasteiger partial charge in [-0.2, -0.15) is 0 Å². The van der Waals surface area contributed by atoms with Gasteiger partial charge in [-0.15, -0.1) is 0 Å². The van der Waals surface area contributed by atoms with E-state index in [-0.39, 0.29) is 6.04 Å². The molecule has 1 unspecified atom stereocenters. The number of methoxy groups -OCH3 is 2. The molecule has 0 amide bonds. The van der Waals surface area contributed by atoms with Gasteiger partial charge in [0.1, 0.15) is 6.61 Å². The van der Waals surface area contributed by atoms with Crippen molar-refractivity contribution in [3.8, 4) is 17.2 Å². The second kappa shape index (κ2) is 9.47. The number of hydrogen-bond acceptors (Lipinski definition) is 5. The molecule has 0 bridgehead atoms. The van der Waals surface area contributed by atoms with E-state index in [0.29, 0.717) is 30.5 Å². The molecule has 1 aromatic carbocycles. The second-order valence-electron chi connectivity index (χ2n) is 4.97. The van der Waals surface area contributed by atoms with Crippen LogP contribution < -0.4 is 19.9 Å². The van der Waals surface area contributed by atoms with E-state index in [1.54, 1.807) is 14.2 Å². The highest BCUT2D eigenvalue weighted by molar-refractivity contribution is 5.54. The van der Waals surface area contributed by atoms with Crippen LogP contribution in [0.1, 0.15) is 25.8 Å². The van der Waals surface area contributed by atoms with Gasteiger partial charge in [0, 0.05) is 12.6 Å². The first-order valence-corrected chi connectivity index (χ1v) is 7.33. The van der Waals surface area contributed by atoms with Gasteiger partial charge in [0.05, 0.1) is 20.8 Å². The van der Waals surface area contributed by atoms with Crippen LogP contribution in [-0.2, 0) is 11.2 Å². The van der Waals surface area contributed by atoms with Gasteiger partial charge >= 0.3 is 0 Å². The molecule has 1 rings (SSSR count). The molecule has 1 aromatic rings. The Labute approximate surface area is 127 Å². The predicted molar refractivity (Wildman–Crippen MR) is 83.5 cm³/mol. The van der Waals surface area contributed by atoms with Crippen LogP contribution in [0.4, 0.5) is 0 Å². The SMILES string of the molecule is CCCOCCOc1c(OC)cc(CC(C)N)cc1OC. The Balaban J connectivity index is 2.80. The molecular formula is C16H27NO4. The Morgan fingerprint density at radius 2 is 1.67 bits per heavy atom. The van der Waals surface area contributed by atoms with Gasteiger partial charge < -0.3 is 24.7 Å². The molecular weight excluding hydrogens is 270 g/mol. The van der Waals surface area contributed by atoms with Gasteiger partial charge in [0.25, 0.3) is 0 Å². The fourth-order valence-corrected chi connectivity index (χ4v) is 2.02. The van der Waals surface area contributed by atoms with Gasteiger partial charge in [0.15, 0.2) is 11.5 Å². The lowest BCUT2D eigenvalue weighted by Crippen LogP contribution is -2.18. The maximum absolute atomic E-state index is 5.84. The monoisotopic (exact) mass is 297 g/mol. The molecule has 0 heterocycles. The summed E-state index contributed by atoms with van der Waals surface area (Å²) in [5, 5.41) is 0. The maximum atomic E-state index is 5.84. The molecule has 1 atom stereocenters. The molecule has 0 fully saturated rings. The van der Waals surface area contributed by atoms with Gasteiger partial charge in [0.2, 0.25) is 5.75 Å². The highest BCUT2D eigenvalue weighted by Gasteiger charge is 2.14. The average Bonchev–Trinajstić information content (AvgIpc) is 2.46. The third kappa shape index (κ3) is 5.81. The molecule has 0 radical (unpaired) electrons. The van der Waals surface area contributed by atoms with Crippen LogP contribution in [-0.4, -0.2) is 40.1 Å². The van der Waals surface area contributed by atoms with Crippen LogP contribution >= 0.6 is 0 Å². The summed E-state index contributed by atoms with van der Waals surface area (Å²) in [6.07, 6.45) is 1.76. The standard InChI is InChI=1S/C16H27NO4/c1-5-6-20-7-8-21-16-14(18-3)10-13(9-12(2)17)11-15(16)19-4/h10-12H,5-9,17H2,1-4H3. The third-order valence-corrected chi connectivity index (χ3v) is 2.90. The van der Waals surface area contributed by atoms with E-state index in [1.165, 1.54) is 0 Å². The first kappa shape index (κ1) is 17.6. The van der Waals surface area contributed by atoms with Crippen LogP contribution in [0.5, 0.6) is 17.2 Å². The quantitative estimate of drug-likeness (QED) is 0.672. The summed E-state index contributed by atoms with van der Waals surface area (Å²) in [5.41, 5.74) is 6.91. The Hall–Kier alpha value is -1.46. The molecule has 2 N–H and O–H groups in total. The minimum atomic E-state index is 0.0774. The molecule has 0 spiro atoms. The normalized spacial score (nSPS) is 12.0. The first-order valence-electron chi connectivity index (χ1n) is 7.33. The van der Waals surface area contributed by atoms with Crippen molar-refractivity contribution in [2.75, 3.05) is 34.0 Å². The Kier molecular flexibility index (Phi) is 7.93. The molecule has 5 nitrogen and oxygen atoms in total. The minimum absolute atomic E-state index is 0.0774. The van der Waals surface area contributed by atoms with E-state index >= 15 is 0 Å². The summed E-state index contributed by atoms with van der Waals surface area (Å²) in [7, 11) is 3.23. The Morgan fingerprint density at radius 1 is 1.05 bits per heavy atom. The topological polar surface area (TPSA) is 62.9 Å². The number of nitrogens with two attached hydrogens (primary N) is 1. The first-order chi connectivity index (χ1) is 10.1. The summed E-state index contributed by atoms with van der Waals surface area (Å²) in [4.78, 5) is 0. The zero-order chi connectivity index (χ0) is 15.7. The summed E-state index contributed by atoms with van der Waals surface area (Å²) in [6, 6.07) is 3.95. The number of ether oxygens (including phenoxy) is 4. The molecule has 0 saturated heterocycles. The van der Waals surface area contributed by atoms with Crippen molar-refractivity contribution in [2.45, 2.75) is 32.7 Å². The van der Waals surface area contributed by atoms with Gasteiger partial charge in [-0.05, 0) is 37.5 Å². The summed E-state index contributed by atoms with van der Waals surface area (Å²) < 4.78 is 22.0. The fraction of sp³-hybridized carbons (Fsp3) is 0.625. The highest BCUT2D eigenvalue weighted by atomic mass is 16.6. The van der Waals surface area contributed by atoms with Gasteiger partial charge in [-0.25, -0.2) is 0 Å². The maximum Gasteiger partial charge on any atom is 0.203 e. The molecule has 0 aliphatic heterocycles. The van der Waals surface area contributed by atoms with Crippen molar-refractivity contribution in [2.24, 2.45) is 5.73 Å². The van der Waals surface area contributed by atoms with Crippen LogP contribution in [0.15, 0.2) is 12.1 Å². The Bertz CT molecular complexity index is 396. The second-order valence-corrected chi connectivity index (χ2v) is 4.97. The van der Waals surface area contributed by atoms with Crippen molar-refractivity contribution in [3.05, 3.63) is 17.7 Å². The summed E-state index contributed by atoms with van der Waals surface area (Å²) in [5.74, 6) is 1.91. The van der Waals surface area contributed by atoms with Gasteiger partial charge in [-0.1, -0.05) is 6.92 Å². The number of benzene rings is 1. The van der Waals surface area contributed by atoms with E-state index in [2.05, 4.69) is 6.92 Å². The van der Waals surface area contributed by atoms with E-state index in [4.69, 9.17) is 24.7 Å². The van der Waals surface area contributed by atoms with Crippen molar-refractivity contribution in [1.29, 1.82) is 0 Å². The van der Waals surface area contributed by atoms with E-state index < -0.39 is 0 Å². The molecule has 21 heavy (non-hydrogen) atoms. The van der Waals surface area contributed by atoms with Gasteiger partial charge in [-0.3, -0.25) is 0 Å². The minimum Gasteiger partial charge on any atom is -0.493 e. The molecule has 0 saturated carbocycles. The van der Waals surface area contributed by atoms with Crippen molar-refractivity contribution in [1.82, 2.24) is 0 Å². The lowest BCUT2D eigenvalue weighted by molar-refractivity contribution is 0.0983. The fourth-order valence-electron chi connectivity index (χ4n) is 2.02. The highest BCUT2D eigenvalue weighted by Crippen LogP contribution is 2.38. The lowest BCUT2D eigenvalue weighted by atomic mass is 10.1. The molecule has 0 aliphatic rings. The molecule has 120 valence electrons. The van der Waals surface area contributed by atoms with Crippen LogP contribution in [0, 0.1) is 0 Å². The lowest BCUT2D eigenvalue weighted by Gasteiger charge is -2.17. The Morgan fingerprint density at radius 3 is 2.14 bits per heavy atom. The smallest absolute Gasteiger partial charge is 0.203 e. The largest absolute Gasteiger partial charge is 0.493 e. The molecule has 0 aliphatic carbocycles. The third-order valence-electron chi connectivity index (χ3n) is 2.90. The predicted octanol–water partition coefficient (Wildman–Crippen LogP) is 2.40. The van der Waals surface area contributed by atoms with Crippen molar-refractivity contribution >= 4 is 0 Å². The number of rotatable bonds is 10. The van der Waals surface area contributed by atoms with E-state index in [1.807, 2.05) is 19.1 Å².